The van der Waals surface area contributed by atoms with E-state index < -0.39 is 0 Å². The van der Waals surface area contributed by atoms with Crippen molar-refractivity contribution in [1.29, 1.82) is 0 Å². The molecule has 0 saturated carbocycles. The molecule has 2 aromatic heterocycles. The number of aromatic nitrogens is 3. The van der Waals surface area contributed by atoms with Gasteiger partial charge < -0.3 is 15.5 Å². The molecule has 3 heterocycles. The first-order chi connectivity index (χ1) is 12.8. The topological polar surface area (TPSA) is 83.0 Å². The number of carbonyl (C=O) groups excluding carboxylic acids is 1. The van der Waals surface area contributed by atoms with E-state index in [0.717, 1.165) is 27.7 Å². The quantitative estimate of drug-likeness (QED) is 0.701. The van der Waals surface area contributed by atoms with Gasteiger partial charge in [0.25, 0.3) is 0 Å². The van der Waals surface area contributed by atoms with Gasteiger partial charge in [0, 0.05) is 44.1 Å². The van der Waals surface area contributed by atoms with Crippen molar-refractivity contribution in [2.75, 3.05) is 31.5 Å². The zero-order chi connectivity index (χ0) is 17.8. The monoisotopic (exact) mass is 366 g/mol. The third-order valence-electron chi connectivity index (χ3n) is 4.04. The molecule has 26 heavy (non-hydrogen) atoms. The molecule has 2 amide bonds. The van der Waals surface area contributed by atoms with Crippen molar-refractivity contribution in [3.8, 4) is 21.1 Å². The number of rotatable bonds is 6. The molecule has 0 atom stereocenters. The molecule has 3 aromatic rings. The lowest BCUT2D eigenvalue weighted by Gasteiger charge is -2.14. The van der Waals surface area contributed by atoms with Crippen molar-refractivity contribution < 1.29 is 4.79 Å². The van der Waals surface area contributed by atoms with Gasteiger partial charge >= 0.3 is 6.03 Å². The summed E-state index contributed by atoms with van der Waals surface area (Å²) >= 11 is 1.60. The van der Waals surface area contributed by atoms with Gasteiger partial charge in [0.15, 0.2) is 0 Å². The molecule has 1 aliphatic heterocycles. The Morgan fingerprint density at radius 2 is 2.08 bits per heavy atom. The summed E-state index contributed by atoms with van der Waals surface area (Å²) in [5.41, 5.74) is 1.93. The molecular weight excluding hydrogens is 348 g/mol. The maximum Gasteiger partial charge on any atom is 0.317 e. The minimum atomic E-state index is -0.0143. The molecule has 132 valence electrons. The van der Waals surface area contributed by atoms with E-state index in [1.807, 2.05) is 42.6 Å². The van der Waals surface area contributed by atoms with Crippen molar-refractivity contribution in [3.05, 3.63) is 48.8 Å². The van der Waals surface area contributed by atoms with Crippen molar-refractivity contribution in [2.24, 2.45) is 0 Å². The van der Waals surface area contributed by atoms with Crippen LogP contribution in [0.3, 0.4) is 0 Å². The summed E-state index contributed by atoms with van der Waals surface area (Å²) in [6, 6.07) is 12.0. The summed E-state index contributed by atoms with van der Waals surface area (Å²) in [6.45, 7) is 2.68. The maximum atomic E-state index is 11.5. The molecule has 1 aliphatic rings. The van der Waals surface area contributed by atoms with Gasteiger partial charge in [-0.25, -0.2) is 19.7 Å². The average Bonchev–Trinajstić information content (AvgIpc) is 3.33. The Labute approximate surface area is 155 Å². The van der Waals surface area contributed by atoms with Crippen molar-refractivity contribution in [3.63, 3.8) is 0 Å². The average molecular weight is 366 g/mol. The van der Waals surface area contributed by atoms with E-state index in [0.29, 0.717) is 25.6 Å². The molecule has 2 N–H and O–H groups in total. The van der Waals surface area contributed by atoms with Crippen LogP contribution in [0.15, 0.2) is 48.8 Å². The molecule has 1 saturated heterocycles. The standard InChI is InChI=1S/C18H18N6OS/c25-18-21-9-11-24(18)10-8-20-17-19-7-6-14(23-17)15-12-22-16(26-15)13-4-2-1-3-5-13/h1-7,12H,8-11H2,(H,21,25)(H,19,20,23). The van der Waals surface area contributed by atoms with Crippen LogP contribution in [0.2, 0.25) is 0 Å². The summed E-state index contributed by atoms with van der Waals surface area (Å²) in [4.78, 5) is 27.6. The lowest BCUT2D eigenvalue weighted by molar-refractivity contribution is 0.219. The summed E-state index contributed by atoms with van der Waals surface area (Å²) < 4.78 is 0. The van der Waals surface area contributed by atoms with Crippen LogP contribution in [-0.4, -0.2) is 52.1 Å². The molecule has 0 unspecified atom stereocenters. The van der Waals surface area contributed by atoms with Crippen LogP contribution in [0, 0.1) is 0 Å². The zero-order valence-corrected chi connectivity index (χ0v) is 14.9. The predicted molar refractivity (Wildman–Crippen MR) is 102 cm³/mol. The Morgan fingerprint density at radius 1 is 1.19 bits per heavy atom. The molecule has 0 radical (unpaired) electrons. The molecule has 8 heteroatoms. The molecule has 1 fully saturated rings. The number of hydrogen-bond acceptors (Lipinski definition) is 6. The Hall–Kier alpha value is -3.00. The SMILES string of the molecule is O=C1NCCN1CCNc1nccc(-c2cnc(-c3ccccc3)s2)n1. The molecular formula is C18H18N6OS. The third-order valence-corrected chi connectivity index (χ3v) is 5.11. The van der Waals surface area contributed by atoms with Gasteiger partial charge in [0.2, 0.25) is 5.95 Å². The Bertz CT molecular complexity index is 897. The number of carbonyl (C=O) groups is 1. The van der Waals surface area contributed by atoms with E-state index >= 15 is 0 Å². The van der Waals surface area contributed by atoms with Crippen LogP contribution in [0.4, 0.5) is 10.7 Å². The number of benzene rings is 1. The molecule has 1 aromatic carbocycles. The molecule has 0 bridgehead atoms. The van der Waals surface area contributed by atoms with Gasteiger partial charge in [-0.1, -0.05) is 30.3 Å². The van der Waals surface area contributed by atoms with Crippen LogP contribution < -0.4 is 10.6 Å². The fraction of sp³-hybridized carbons (Fsp3) is 0.222. The Balaban J connectivity index is 1.42. The minimum absolute atomic E-state index is 0.0143. The van der Waals surface area contributed by atoms with E-state index in [1.54, 1.807) is 22.4 Å². The third kappa shape index (κ3) is 3.65. The van der Waals surface area contributed by atoms with Crippen molar-refractivity contribution in [2.45, 2.75) is 0 Å². The van der Waals surface area contributed by atoms with Crippen molar-refractivity contribution in [1.82, 2.24) is 25.2 Å². The van der Waals surface area contributed by atoms with E-state index in [2.05, 4.69) is 25.6 Å². The fourth-order valence-corrected chi connectivity index (χ4v) is 3.61. The number of thiazole rings is 1. The number of anilines is 1. The van der Waals surface area contributed by atoms with Gasteiger partial charge in [0.05, 0.1) is 10.6 Å². The number of amides is 2. The van der Waals surface area contributed by atoms with Crippen LogP contribution in [0.25, 0.3) is 21.1 Å². The first kappa shape index (κ1) is 16.5. The Kier molecular flexibility index (Phi) is 4.74. The van der Waals surface area contributed by atoms with Crippen LogP contribution >= 0.6 is 11.3 Å². The van der Waals surface area contributed by atoms with Gasteiger partial charge in [-0.05, 0) is 6.07 Å². The smallest absolute Gasteiger partial charge is 0.317 e. The van der Waals surface area contributed by atoms with E-state index in [9.17, 15) is 4.79 Å². The highest BCUT2D eigenvalue weighted by atomic mass is 32.1. The van der Waals surface area contributed by atoms with E-state index in [-0.39, 0.29) is 6.03 Å². The number of nitrogens with one attached hydrogen (secondary N) is 2. The highest BCUT2D eigenvalue weighted by Crippen LogP contribution is 2.31. The predicted octanol–water partition coefficient (Wildman–Crippen LogP) is 2.70. The molecule has 0 spiro atoms. The maximum absolute atomic E-state index is 11.5. The number of hydrogen-bond donors (Lipinski definition) is 2. The first-order valence-corrected chi connectivity index (χ1v) is 9.22. The lowest BCUT2D eigenvalue weighted by atomic mass is 10.2. The van der Waals surface area contributed by atoms with Crippen LogP contribution in [0.1, 0.15) is 0 Å². The highest BCUT2D eigenvalue weighted by molar-refractivity contribution is 7.18. The molecule has 0 aliphatic carbocycles. The van der Waals surface area contributed by atoms with Crippen LogP contribution in [0.5, 0.6) is 0 Å². The van der Waals surface area contributed by atoms with Crippen molar-refractivity contribution >= 4 is 23.3 Å². The number of nitrogens with zero attached hydrogens (tertiary/aromatic N) is 4. The van der Waals surface area contributed by atoms with Gasteiger partial charge in [0.1, 0.15) is 5.01 Å². The summed E-state index contributed by atoms with van der Waals surface area (Å²) in [5.74, 6) is 0.553. The van der Waals surface area contributed by atoms with Gasteiger partial charge in [-0.15, -0.1) is 11.3 Å². The summed E-state index contributed by atoms with van der Waals surface area (Å²) in [6.07, 6.45) is 3.57. The summed E-state index contributed by atoms with van der Waals surface area (Å²) in [5, 5.41) is 6.93. The fourth-order valence-electron chi connectivity index (χ4n) is 2.71. The first-order valence-electron chi connectivity index (χ1n) is 8.41. The minimum Gasteiger partial charge on any atom is -0.352 e. The zero-order valence-electron chi connectivity index (χ0n) is 14.1. The van der Waals surface area contributed by atoms with E-state index in [1.165, 1.54) is 0 Å². The lowest BCUT2D eigenvalue weighted by Crippen LogP contribution is -2.32. The van der Waals surface area contributed by atoms with E-state index in [4.69, 9.17) is 0 Å². The largest absolute Gasteiger partial charge is 0.352 e. The summed E-state index contributed by atoms with van der Waals surface area (Å²) in [7, 11) is 0. The van der Waals surface area contributed by atoms with Crippen LogP contribution in [-0.2, 0) is 0 Å². The second-order valence-electron chi connectivity index (χ2n) is 5.81. The molecule has 7 nitrogen and oxygen atoms in total. The molecule has 4 rings (SSSR count). The second kappa shape index (κ2) is 7.49. The second-order valence-corrected chi connectivity index (χ2v) is 6.84. The normalized spacial score (nSPS) is 13.7. The van der Waals surface area contributed by atoms with Gasteiger partial charge in [-0.3, -0.25) is 0 Å². The number of urea groups is 1. The van der Waals surface area contributed by atoms with Gasteiger partial charge in [-0.2, -0.15) is 0 Å². The highest BCUT2D eigenvalue weighted by Gasteiger charge is 2.18. The Morgan fingerprint density at radius 3 is 2.88 bits per heavy atom.